The largest absolute Gasteiger partial charge is 0.572 e. The first-order chi connectivity index (χ1) is 7.66. The molecular weight excluding hydrogens is 231 g/mol. The lowest BCUT2D eigenvalue weighted by Gasteiger charge is -1.93. The van der Waals surface area contributed by atoms with Gasteiger partial charge in [0, 0.05) is 0 Å². The van der Waals surface area contributed by atoms with Crippen molar-refractivity contribution in [2.75, 3.05) is 0 Å². The Labute approximate surface area is 92.2 Å². The molecule has 0 aromatic heterocycles. The summed E-state index contributed by atoms with van der Waals surface area (Å²) in [6.07, 6.45) is -0.180. The predicted molar refractivity (Wildman–Crippen MR) is 54.2 cm³/mol. The molecule has 0 bridgehead atoms. The van der Waals surface area contributed by atoms with E-state index in [1.165, 1.54) is 0 Å². The zero-order valence-electron chi connectivity index (χ0n) is 8.16. The van der Waals surface area contributed by atoms with E-state index in [2.05, 4.69) is 4.74 Å². The zero-order chi connectivity index (χ0) is 11.5. The van der Waals surface area contributed by atoms with Crippen molar-refractivity contribution in [2.45, 2.75) is 12.1 Å². The summed E-state index contributed by atoms with van der Waals surface area (Å²) in [6, 6.07) is 8.46. The van der Waals surface area contributed by atoms with Crippen LogP contribution in [0.25, 0.3) is 0 Å². The number of esters is 2. The molecule has 0 radical (unpaired) electrons. The zero-order valence-corrected chi connectivity index (χ0v) is 9.05. The van der Waals surface area contributed by atoms with E-state index < -0.39 is 25.6 Å². The number of carbonyl (C=O) groups is 2. The molecule has 0 saturated carbocycles. The van der Waals surface area contributed by atoms with Gasteiger partial charge in [-0.3, -0.25) is 9.32 Å². The van der Waals surface area contributed by atoms with Gasteiger partial charge in [-0.2, -0.15) is 0 Å². The molecule has 0 spiro atoms. The van der Waals surface area contributed by atoms with Gasteiger partial charge < -0.3 is 4.74 Å². The van der Waals surface area contributed by atoms with E-state index in [-0.39, 0.29) is 6.42 Å². The van der Waals surface area contributed by atoms with Gasteiger partial charge in [0.1, 0.15) is 6.42 Å². The fourth-order valence-electron chi connectivity index (χ4n) is 1.27. The SMILES string of the molecule is O=C1CC([P+](=O)Oc2ccccc2)C(=O)O1. The van der Waals surface area contributed by atoms with Crippen LogP contribution in [0, 0.1) is 0 Å². The maximum absolute atomic E-state index is 11.6. The summed E-state index contributed by atoms with van der Waals surface area (Å²) in [5.41, 5.74) is -0.984. The van der Waals surface area contributed by atoms with E-state index in [9.17, 15) is 14.2 Å². The van der Waals surface area contributed by atoms with E-state index in [0.29, 0.717) is 5.75 Å². The summed E-state index contributed by atoms with van der Waals surface area (Å²) in [7, 11) is -2.27. The van der Waals surface area contributed by atoms with E-state index in [1.54, 1.807) is 30.3 Å². The van der Waals surface area contributed by atoms with Crippen LogP contribution in [0.2, 0.25) is 0 Å². The van der Waals surface area contributed by atoms with Crippen LogP contribution in [0.4, 0.5) is 0 Å². The number of para-hydroxylation sites is 1. The summed E-state index contributed by atoms with van der Waals surface area (Å²) < 4.78 is 21.0. The second-order valence-electron chi connectivity index (χ2n) is 3.20. The highest BCUT2D eigenvalue weighted by atomic mass is 31.1. The monoisotopic (exact) mass is 239 g/mol. The quantitative estimate of drug-likeness (QED) is 0.455. The lowest BCUT2D eigenvalue weighted by atomic mass is 10.3. The van der Waals surface area contributed by atoms with Crippen LogP contribution in [-0.4, -0.2) is 17.6 Å². The second kappa shape index (κ2) is 4.41. The van der Waals surface area contributed by atoms with Crippen molar-refractivity contribution in [1.29, 1.82) is 0 Å². The smallest absolute Gasteiger partial charge is 0.389 e. The Morgan fingerprint density at radius 3 is 2.50 bits per heavy atom. The van der Waals surface area contributed by atoms with Gasteiger partial charge in [0.25, 0.3) is 0 Å². The van der Waals surface area contributed by atoms with Crippen LogP contribution >= 0.6 is 8.03 Å². The molecule has 1 saturated heterocycles. The number of hydrogen-bond acceptors (Lipinski definition) is 5. The van der Waals surface area contributed by atoms with Gasteiger partial charge in [-0.25, -0.2) is 4.79 Å². The number of carbonyl (C=O) groups excluding carboxylic acids is 2. The normalized spacial score (nSPS) is 20.5. The molecule has 1 heterocycles. The lowest BCUT2D eigenvalue weighted by molar-refractivity contribution is -0.151. The first-order valence-corrected chi connectivity index (χ1v) is 5.85. The van der Waals surface area contributed by atoms with Crippen LogP contribution in [0.1, 0.15) is 6.42 Å². The standard InChI is InChI=1S/C10H8O5P/c11-9-6-8(10(12)14-9)16(13)15-7-4-2-1-3-5-7/h1-5,8H,6H2/q+1. The van der Waals surface area contributed by atoms with Crippen molar-refractivity contribution in [3.8, 4) is 5.75 Å². The number of ether oxygens (including phenoxy) is 1. The highest BCUT2D eigenvalue weighted by molar-refractivity contribution is 7.42. The molecule has 0 aliphatic carbocycles. The number of benzene rings is 1. The Kier molecular flexibility index (Phi) is 2.97. The third-order valence-corrected chi connectivity index (χ3v) is 3.33. The minimum Gasteiger partial charge on any atom is -0.389 e. The van der Waals surface area contributed by atoms with Crippen molar-refractivity contribution in [1.82, 2.24) is 0 Å². The average molecular weight is 239 g/mol. The predicted octanol–water partition coefficient (Wildman–Crippen LogP) is 1.65. The molecule has 0 amide bonds. The van der Waals surface area contributed by atoms with Crippen molar-refractivity contribution < 1.29 is 23.4 Å². The summed E-state index contributed by atoms with van der Waals surface area (Å²) >= 11 is 0. The van der Waals surface area contributed by atoms with E-state index >= 15 is 0 Å². The molecule has 5 nitrogen and oxygen atoms in total. The third-order valence-electron chi connectivity index (χ3n) is 2.04. The van der Waals surface area contributed by atoms with Crippen LogP contribution in [0.5, 0.6) is 5.75 Å². The van der Waals surface area contributed by atoms with Gasteiger partial charge in [-0.05, 0) is 16.7 Å². The molecule has 6 heteroatoms. The Hall–Kier alpha value is -1.74. The molecule has 1 aliphatic rings. The molecule has 16 heavy (non-hydrogen) atoms. The first-order valence-electron chi connectivity index (χ1n) is 4.61. The highest BCUT2D eigenvalue weighted by Crippen LogP contribution is 2.37. The van der Waals surface area contributed by atoms with Gasteiger partial charge in [-0.1, -0.05) is 18.2 Å². The maximum atomic E-state index is 11.6. The molecular formula is C10H8O5P+. The number of rotatable bonds is 3. The maximum Gasteiger partial charge on any atom is 0.572 e. The van der Waals surface area contributed by atoms with E-state index in [4.69, 9.17) is 4.52 Å². The molecule has 1 aromatic rings. The molecule has 1 aromatic carbocycles. The van der Waals surface area contributed by atoms with Gasteiger partial charge in [-0.15, -0.1) is 0 Å². The molecule has 1 fully saturated rings. The minimum absolute atomic E-state index is 0.180. The molecule has 2 rings (SSSR count). The fraction of sp³-hybridized carbons (Fsp3) is 0.200. The second-order valence-corrected chi connectivity index (χ2v) is 4.58. The molecule has 1 aliphatic heterocycles. The van der Waals surface area contributed by atoms with Crippen molar-refractivity contribution in [2.24, 2.45) is 0 Å². The summed E-state index contributed by atoms with van der Waals surface area (Å²) in [5.74, 6) is -1.03. The van der Waals surface area contributed by atoms with Crippen molar-refractivity contribution >= 4 is 20.0 Å². The van der Waals surface area contributed by atoms with Gasteiger partial charge in [0.15, 0.2) is 5.75 Å². The Balaban J connectivity index is 2.04. The van der Waals surface area contributed by atoms with Crippen molar-refractivity contribution in [3.63, 3.8) is 0 Å². The Bertz CT molecular complexity index is 442. The summed E-state index contributed by atoms with van der Waals surface area (Å²) in [4.78, 5) is 21.9. The number of hydrogen-bond donors (Lipinski definition) is 0. The molecule has 82 valence electrons. The van der Waals surface area contributed by atoms with Crippen LogP contribution < -0.4 is 4.52 Å². The fourth-order valence-corrected chi connectivity index (χ4v) is 2.25. The minimum atomic E-state index is -2.27. The van der Waals surface area contributed by atoms with Crippen LogP contribution in [0.3, 0.4) is 0 Å². The van der Waals surface area contributed by atoms with Gasteiger partial charge >= 0.3 is 25.6 Å². The third kappa shape index (κ3) is 2.25. The first kappa shape index (κ1) is 10.8. The van der Waals surface area contributed by atoms with Crippen LogP contribution in [0.15, 0.2) is 30.3 Å². The molecule has 2 unspecified atom stereocenters. The topological polar surface area (TPSA) is 69.7 Å². The highest BCUT2D eigenvalue weighted by Gasteiger charge is 2.50. The molecule has 2 atom stereocenters. The van der Waals surface area contributed by atoms with Gasteiger partial charge in [0.2, 0.25) is 0 Å². The van der Waals surface area contributed by atoms with Crippen LogP contribution in [-0.2, 0) is 18.9 Å². The Morgan fingerprint density at radius 2 is 1.94 bits per heavy atom. The average Bonchev–Trinajstić information content (AvgIpc) is 2.59. The van der Waals surface area contributed by atoms with Crippen molar-refractivity contribution in [3.05, 3.63) is 30.3 Å². The lowest BCUT2D eigenvalue weighted by Crippen LogP contribution is -2.11. The summed E-state index contributed by atoms with van der Waals surface area (Å²) in [5, 5.41) is 0. The molecule has 0 N–H and O–H groups in total. The summed E-state index contributed by atoms with van der Waals surface area (Å²) in [6.45, 7) is 0. The van der Waals surface area contributed by atoms with Gasteiger partial charge in [0.05, 0.1) is 0 Å². The number of cyclic esters (lactones) is 2. The Morgan fingerprint density at radius 1 is 1.25 bits per heavy atom. The van der Waals surface area contributed by atoms with E-state index in [1.807, 2.05) is 0 Å². The van der Waals surface area contributed by atoms with E-state index in [0.717, 1.165) is 0 Å².